The van der Waals surface area contributed by atoms with Crippen molar-refractivity contribution in [3.05, 3.63) is 35.9 Å². The molecule has 0 radical (unpaired) electrons. The fourth-order valence-corrected chi connectivity index (χ4v) is 1.85. The summed E-state index contributed by atoms with van der Waals surface area (Å²) in [4.78, 5) is 13.3. The van der Waals surface area contributed by atoms with Crippen molar-refractivity contribution in [2.24, 2.45) is 0 Å². The molecule has 0 fully saturated rings. The summed E-state index contributed by atoms with van der Waals surface area (Å²) in [6.45, 7) is 3.63. The molecule has 2 rings (SSSR count). The molecular weight excluding hydrogens is 174 g/mol. The van der Waals surface area contributed by atoms with Gasteiger partial charge in [0.05, 0.1) is 11.7 Å². The van der Waals surface area contributed by atoms with Gasteiger partial charge in [-0.2, -0.15) is 0 Å². The average molecular weight is 187 g/mol. The molecule has 1 atom stereocenters. The van der Waals surface area contributed by atoms with Crippen molar-refractivity contribution < 1.29 is 4.79 Å². The number of anilines is 1. The van der Waals surface area contributed by atoms with E-state index in [1.807, 2.05) is 42.2 Å². The molecule has 1 aromatic rings. The molecule has 1 aliphatic heterocycles. The minimum atomic E-state index is 0.0919. The Morgan fingerprint density at radius 3 is 2.79 bits per heavy atom. The first-order valence-corrected chi connectivity index (χ1v) is 4.77. The number of carbonyl (C=O) groups excluding carboxylic acids is 1. The number of amides is 1. The lowest BCUT2D eigenvalue weighted by atomic mass is 10.0. The SMILES string of the molecule is CC(=O)N1c2ccccc2C=CC1C. The van der Waals surface area contributed by atoms with Gasteiger partial charge in [-0.1, -0.05) is 30.4 Å². The Hall–Kier alpha value is -1.57. The lowest BCUT2D eigenvalue weighted by Gasteiger charge is -2.30. The summed E-state index contributed by atoms with van der Waals surface area (Å²) in [7, 11) is 0. The summed E-state index contributed by atoms with van der Waals surface area (Å²) < 4.78 is 0. The molecule has 0 N–H and O–H groups in total. The molecule has 0 saturated carbocycles. The van der Waals surface area contributed by atoms with Crippen LogP contribution >= 0.6 is 0 Å². The minimum absolute atomic E-state index is 0.0919. The van der Waals surface area contributed by atoms with Crippen LogP contribution in [0.2, 0.25) is 0 Å². The van der Waals surface area contributed by atoms with Crippen LogP contribution in [0.1, 0.15) is 19.4 Å². The molecule has 1 unspecified atom stereocenters. The second-order valence-corrected chi connectivity index (χ2v) is 3.55. The van der Waals surface area contributed by atoms with Gasteiger partial charge in [-0.05, 0) is 18.6 Å². The molecule has 0 spiro atoms. The van der Waals surface area contributed by atoms with Gasteiger partial charge in [0.25, 0.3) is 0 Å². The summed E-state index contributed by atoms with van der Waals surface area (Å²) in [5.41, 5.74) is 2.12. The van der Waals surface area contributed by atoms with Crippen molar-refractivity contribution in [2.75, 3.05) is 4.90 Å². The topological polar surface area (TPSA) is 20.3 Å². The van der Waals surface area contributed by atoms with Gasteiger partial charge in [0.2, 0.25) is 5.91 Å². The van der Waals surface area contributed by atoms with Crippen LogP contribution in [0.3, 0.4) is 0 Å². The smallest absolute Gasteiger partial charge is 0.224 e. The van der Waals surface area contributed by atoms with Gasteiger partial charge in [-0.25, -0.2) is 0 Å². The molecule has 72 valence electrons. The zero-order valence-electron chi connectivity index (χ0n) is 8.40. The Balaban J connectivity index is 2.53. The Morgan fingerprint density at radius 2 is 2.07 bits per heavy atom. The zero-order chi connectivity index (χ0) is 10.1. The van der Waals surface area contributed by atoms with Crippen LogP contribution in [0.5, 0.6) is 0 Å². The second kappa shape index (κ2) is 3.29. The first kappa shape index (κ1) is 9.00. The Morgan fingerprint density at radius 1 is 1.36 bits per heavy atom. The van der Waals surface area contributed by atoms with E-state index in [1.54, 1.807) is 6.92 Å². The van der Waals surface area contributed by atoms with Crippen molar-refractivity contribution in [1.82, 2.24) is 0 Å². The van der Waals surface area contributed by atoms with E-state index in [1.165, 1.54) is 0 Å². The van der Waals surface area contributed by atoms with E-state index >= 15 is 0 Å². The molecule has 1 aliphatic rings. The van der Waals surface area contributed by atoms with E-state index in [0.29, 0.717) is 0 Å². The quantitative estimate of drug-likeness (QED) is 0.611. The first-order valence-electron chi connectivity index (χ1n) is 4.77. The normalized spacial score (nSPS) is 19.3. The molecule has 2 nitrogen and oxygen atoms in total. The largest absolute Gasteiger partial charge is 0.305 e. The molecule has 0 aromatic heterocycles. The molecular formula is C12H13NO. The second-order valence-electron chi connectivity index (χ2n) is 3.55. The molecule has 14 heavy (non-hydrogen) atoms. The molecule has 0 saturated heterocycles. The van der Waals surface area contributed by atoms with Gasteiger partial charge < -0.3 is 4.90 Å². The van der Waals surface area contributed by atoms with Crippen LogP contribution in [0, 0.1) is 0 Å². The number of fused-ring (bicyclic) bond motifs is 1. The third kappa shape index (κ3) is 1.33. The maximum atomic E-state index is 11.5. The van der Waals surface area contributed by atoms with Gasteiger partial charge in [-0.3, -0.25) is 4.79 Å². The number of rotatable bonds is 0. The molecule has 1 aromatic carbocycles. The van der Waals surface area contributed by atoms with E-state index in [9.17, 15) is 4.79 Å². The standard InChI is InChI=1S/C12H13NO/c1-9-7-8-11-5-3-4-6-12(11)13(9)10(2)14/h3-9H,1-2H3. The van der Waals surface area contributed by atoms with Crippen LogP contribution in [0.15, 0.2) is 30.3 Å². The van der Waals surface area contributed by atoms with Gasteiger partial charge in [0.1, 0.15) is 0 Å². The summed E-state index contributed by atoms with van der Waals surface area (Å²) in [5.74, 6) is 0.0919. The van der Waals surface area contributed by atoms with Crippen molar-refractivity contribution in [1.29, 1.82) is 0 Å². The molecule has 1 heterocycles. The highest BCUT2D eigenvalue weighted by Gasteiger charge is 2.21. The zero-order valence-corrected chi connectivity index (χ0v) is 8.40. The van der Waals surface area contributed by atoms with Gasteiger partial charge in [0, 0.05) is 6.92 Å². The van der Waals surface area contributed by atoms with E-state index in [-0.39, 0.29) is 11.9 Å². The number of benzene rings is 1. The van der Waals surface area contributed by atoms with Crippen molar-refractivity contribution in [3.63, 3.8) is 0 Å². The van der Waals surface area contributed by atoms with Crippen molar-refractivity contribution in [2.45, 2.75) is 19.9 Å². The molecule has 2 heteroatoms. The van der Waals surface area contributed by atoms with Crippen LogP contribution in [-0.2, 0) is 4.79 Å². The predicted molar refractivity (Wildman–Crippen MR) is 58.1 cm³/mol. The molecule has 1 amide bonds. The van der Waals surface area contributed by atoms with E-state index in [4.69, 9.17) is 0 Å². The Kier molecular flexibility index (Phi) is 2.12. The lowest BCUT2D eigenvalue weighted by Crippen LogP contribution is -2.37. The highest BCUT2D eigenvalue weighted by molar-refractivity contribution is 5.96. The summed E-state index contributed by atoms with van der Waals surface area (Å²) in [6.07, 6.45) is 4.11. The van der Waals surface area contributed by atoms with E-state index in [2.05, 4.69) is 6.08 Å². The Bertz CT molecular complexity index is 395. The summed E-state index contributed by atoms with van der Waals surface area (Å²) in [6, 6.07) is 8.10. The van der Waals surface area contributed by atoms with E-state index < -0.39 is 0 Å². The Labute approximate surface area is 83.8 Å². The fourth-order valence-electron chi connectivity index (χ4n) is 1.85. The van der Waals surface area contributed by atoms with Gasteiger partial charge in [0.15, 0.2) is 0 Å². The third-order valence-electron chi connectivity index (χ3n) is 2.50. The predicted octanol–water partition coefficient (Wildman–Crippen LogP) is 2.45. The minimum Gasteiger partial charge on any atom is -0.305 e. The average Bonchev–Trinajstić information content (AvgIpc) is 2.17. The number of para-hydroxylation sites is 1. The van der Waals surface area contributed by atoms with Gasteiger partial charge in [-0.15, -0.1) is 0 Å². The van der Waals surface area contributed by atoms with Crippen molar-refractivity contribution >= 4 is 17.7 Å². The molecule has 0 bridgehead atoms. The lowest BCUT2D eigenvalue weighted by molar-refractivity contribution is -0.116. The van der Waals surface area contributed by atoms with Gasteiger partial charge >= 0.3 is 0 Å². The monoisotopic (exact) mass is 187 g/mol. The van der Waals surface area contributed by atoms with Crippen LogP contribution in [0.25, 0.3) is 6.08 Å². The summed E-state index contributed by atoms with van der Waals surface area (Å²) in [5, 5.41) is 0. The fraction of sp³-hybridized carbons (Fsp3) is 0.250. The summed E-state index contributed by atoms with van der Waals surface area (Å²) >= 11 is 0. The number of carbonyl (C=O) groups is 1. The van der Waals surface area contributed by atoms with E-state index in [0.717, 1.165) is 11.3 Å². The van der Waals surface area contributed by atoms with Crippen LogP contribution < -0.4 is 4.90 Å². The third-order valence-corrected chi connectivity index (χ3v) is 2.50. The highest BCUT2D eigenvalue weighted by Crippen LogP contribution is 2.28. The number of hydrogen-bond acceptors (Lipinski definition) is 1. The maximum Gasteiger partial charge on any atom is 0.224 e. The van der Waals surface area contributed by atoms with Crippen LogP contribution in [0.4, 0.5) is 5.69 Å². The molecule has 0 aliphatic carbocycles. The highest BCUT2D eigenvalue weighted by atomic mass is 16.2. The first-order chi connectivity index (χ1) is 6.70. The number of nitrogens with zero attached hydrogens (tertiary/aromatic N) is 1. The van der Waals surface area contributed by atoms with Crippen molar-refractivity contribution in [3.8, 4) is 0 Å². The number of hydrogen-bond donors (Lipinski definition) is 0. The van der Waals surface area contributed by atoms with Crippen LogP contribution in [-0.4, -0.2) is 11.9 Å². The maximum absolute atomic E-state index is 11.5.